The Balaban J connectivity index is 2.12. The maximum absolute atomic E-state index is 13.7. The first kappa shape index (κ1) is 19.2. The molecular weight excluding hydrogens is 357 g/mol. The van der Waals surface area contributed by atoms with E-state index in [4.69, 9.17) is 4.74 Å². The normalized spacial score (nSPS) is 10.9. The van der Waals surface area contributed by atoms with Gasteiger partial charge in [-0.1, -0.05) is 0 Å². The van der Waals surface area contributed by atoms with Crippen molar-refractivity contribution >= 4 is 33.4 Å². The first-order valence-electron chi connectivity index (χ1n) is 7.73. The first-order chi connectivity index (χ1) is 11.9. The molecule has 2 rings (SSSR count). The van der Waals surface area contributed by atoms with E-state index in [1.165, 1.54) is 4.90 Å². The summed E-state index contributed by atoms with van der Waals surface area (Å²) in [7, 11) is 0. The van der Waals surface area contributed by atoms with E-state index >= 15 is 0 Å². The minimum Gasteiger partial charge on any atom is -0.466 e. The number of rotatable bonds is 7. The zero-order valence-electron chi connectivity index (χ0n) is 13.8. The Kier molecular flexibility index (Phi) is 6.35. The zero-order chi connectivity index (χ0) is 18.6. The third-order valence-electron chi connectivity index (χ3n) is 3.47. The number of amides is 1. The molecule has 0 saturated heterocycles. The van der Waals surface area contributed by atoms with Gasteiger partial charge in [-0.15, -0.1) is 11.3 Å². The van der Waals surface area contributed by atoms with Crippen molar-refractivity contribution in [2.75, 3.05) is 13.2 Å². The van der Waals surface area contributed by atoms with Gasteiger partial charge in [0.25, 0.3) is 0 Å². The summed E-state index contributed by atoms with van der Waals surface area (Å²) >= 11 is 0.862. The number of hydrogen-bond acceptors (Lipinski definition) is 5. The topological polar surface area (TPSA) is 59.5 Å². The van der Waals surface area contributed by atoms with E-state index in [2.05, 4.69) is 4.98 Å². The summed E-state index contributed by atoms with van der Waals surface area (Å²) in [6.07, 6.45) is -0.0770. The van der Waals surface area contributed by atoms with Crippen molar-refractivity contribution in [1.82, 2.24) is 9.88 Å². The lowest BCUT2D eigenvalue weighted by molar-refractivity contribution is -0.145. The molecule has 0 fully saturated rings. The lowest BCUT2D eigenvalue weighted by Gasteiger charge is -2.19. The minimum atomic E-state index is -1.31. The summed E-state index contributed by atoms with van der Waals surface area (Å²) in [6.45, 7) is 4.00. The number of esters is 1. The monoisotopic (exact) mass is 374 g/mol. The Morgan fingerprint density at radius 1 is 1.20 bits per heavy atom. The number of aromatic nitrogens is 1. The van der Waals surface area contributed by atoms with E-state index < -0.39 is 23.4 Å². The Morgan fingerprint density at radius 3 is 2.56 bits per heavy atom. The van der Waals surface area contributed by atoms with Gasteiger partial charge in [-0.25, -0.2) is 18.2 Å². The minimum absolute atomic E-state index is 0.0258. The SMILES string of the molecule is CCOC(=O)CCC(=O)N(CC)Cc1nc2c(F)c(F)cc(F)c2s1. The Bertz CT molecular complexity index is 795. The number of benzene rings is 1. The molecule has 5 nitrogen and oxygen atoms in total. The lowest BCUT2D eigenvalue weighted by Crippen LogP contribution is -2.30. The molecule has 0 aliphatic heterocycles. The third-order valence-corrected chi connectivity index (χ3v) is 4.52. The summed E-state index contributed by atoms with van der Waals surface area (Å²) in [4.78, 5) is 28.8. The number of carbonyl (C=O) groups is 2. The number of nitrogens with zero attached hydrogens (tertiary/aromatic N) is 2. The summed E-state index contributed by atoms with van der Waals surface area (Å²) < 4.78 is 45.4. The van der Waals surface area contributed by atoms with Gasteiger partial charge in [-0.2, -0.15) is 0 Å². The fourth-order valence-corrected chi connectivity index (χ4v) is 3.22. The van der Waals surface area contributed by atoms with Crippen LogP contribution in [0.4, 0.5) is 13.2 Å². The Labute approximate surface area is 146 Å². The third kappa shape index (κ3) is 4.47. The van der Waals surface area contributed by atoms with Gasteiger partial charge >= 0.3 is 5.97 Å². The molecule has 1 heterocycles. The van der Waals surface area contributed by atoms with Gasteiger partial charge in [0, 0.05) is 19.0 Å². The van der Waals surface area contributed by atoms with E-state index in [1.54, 1.807) is 13.8 Å². The molecule has 0 saturated carbocycles. The van der Waals surface area contributed by atoms with Gasteiger partial charge in [-0.3, -0.25) is 9.59 Å². The fourth-order valence-electron chi connectivity index (χ4n) is 2.24. The largest absolute Gasteiger partial charge is 0.466 e. The average molecular weight is 374 g/mol. The fraction of sp³-hybridized carbons (Fsp3) is 0.438. The summed E-state index contributed by atoms with van der Waals surface area (Å²) in [5.41, 5.74) is -0.382. The van der Waals surface area contributed by atoms with Gasteiger partial charge in [0.2, 0.25) is 5.91 Å². The van der Waals surface area contributed by atoms with Gasteiger partial charge in [0.1, 0.15) is 16.3 Å². The van der Waals surface area contributed by atoms with Crippen LogP contribution in [0, 0.1) is 17.5 Å². The van der Waals surface area contributed by atoms with E-state index in [0.29, 0.717) is 12.6 Å². The number of hydrogen-bond donors (Lipinski definition) is 0. The zero-order valence-corrected chi connectivity index (χ0v) is 14.6. The molecule has 0 unspecified atom stereocenters. The van der Waals surface area contributed by atoms with Crippen molar-refractivity contribution in [1.29, 1.82) is 0 Å². The van der Waals surface area contributed by atoms with Crippen LogP contribution in [-0.4, -0.2) is 34.9 Å². The summed E-state index contributed by atoms with van der Waals surface area (Å²) in [5.74, 6) is -4.18. The molecule has 1 aromatic heterocycles. The molecule has 9 heteroatoms. The maximum atomic E-state index is 13.7. The molecule has 0 bridgehead atoms. The van der Waals surface area contributed by atoms with Crippen LogP contribution < -0.4 is 0 Å². The molecule has 0 radical (unpaired) electrons. The van der Waals surface area contributed by atoms with E-state index in [9.17, 15) is 22.8 Å². The standard InChI is InChI=1S/C16H17F3N2O3S/c1-3-21(12(22)5-6-13(23)24-4-2)8-11-20-15-14(19)9(17)7-10(18)16(15)25-11/h7H,3-6,8H2,1-2H3. The predicted molar refractivity (Wildman–Crippen MR) is 86.5 cm³/mol. The molecule has 25 heavy (non-hydrogen) atoms. The second kappa shape index (κ2) is 8.28. The van der Waals surface area contributed by atoms with Crippen molar-refractivity contribution in [2.45, 2.75) is 33.2 Å². The van der Waals surface area contributed by atoms with Gasteiger partial charge in [0.05, 0.1) is 24.3 Å². The molecule has 0 spiro atoms. The van der Waals surface area contributed by atoms with Crippen molar-refractivity contribution in [3.05, 3.63) is 28.5 Å². The van der Waals surface area contributed by atoms with Crippen molar-refractivity contribution in [3.8, 4) is 0 Å². The van der Waals surface area contributed by atoms with Crippen LogP contribution in [0.5, 0.6) is 0 Å². The van der Waals surface area contributed by atoms with E-state index in [1.807, 2.05) is 0 Å². The number of thiazole rings is 1. The van der Waals surface area contributed by atoms with Crippen LogP contribution in [0.2, 0.25) is 0 Å². The number of ether oxygens (including phenoxy) is 1. The molecule has 0 aliphatic carbocycles. The molecule has 1 aromatic carbocycles. The quantitative estimate of drug-likeness (QED) is 0.551. The number of fused-ring (bicyclic) bond motifs is 1. The van der Waals surface area contributed by atoms with Crippen LogP contribution in [-0.2, 0) is 20.9 Å². The highest BCUT2D eigenvalue weighted by molar-refractivity contribution is 7.18. The molecule has 0 atom stereocenters. The molecule has 0 N–H and O–H groups in total. The Hall–Kier alpha value is -2.16. The van der Waals surface area contributed by atoms with Crippen LogP contribution >= 0.6 is 11.3 Å². The van der Waals surface area contributed by atoms with Gasteiger partial charge in [-0.05, 0) is 13.8 Å². The highest BCUT2D eigenvalue weighted by Crippen LogP contribution is 2.29. The predicted octanol–water partition coefficient (Wildman–Crippen LogP) is 3.41. The molecule has 1 amide bonds. The van der Waals surface area contributed by atoms with Crippen molar-refractivity contribution in [3.63, 3.8) is 0 Å². The van der Waals surface area contributed by atoms with Crippen LogP contribution in [0.3, 0.4) is 0 Å². The van der Waals surface area contributed by atoms with Crippen LogP contribution in [0.25, 0.3) is 10.2 Å². The number of halogens is 3. The highest BCUT2D eigenvalue weighted by atomic mass is 32.1. The van der Waals surface area contributed by atoms with E-state index in [-0.39, 0.29) is 47.1 Å². The van der Waals surface area contributed by atoms with Gasteiger partial charge < -0.3 is 9.64 Å². The average Bonchev–Trinajstić information content (AvgIpc) is 3.00. The molecule has 0 aliphatic rings. The second-order valence-electron chi connectivity index (χ2n) is 5.15. The lowest BCUT2D eigenvalue weighted by atomic mass is 10.2. The van der Waals surface area contributed by atoms with Crippen LogP contribution in [0.15, 0.2) is 6.07 Å². The molecule has 136 valence electrons. The molecule has 2 aromatic rings. The molecular formula is C16H17F3N2O3S. The van der Waals surface area contributed by atoms with Crippen LogP contribution in [0.1, 0.15) is 31.7 Å². The van der Waals surface area contributed by atoms with Gasteiger partial charge in [0.15, 0.2) is 11.6 Å². The Morgan fingerprint density at radius 2 is 1.92 bits per heavy atom. The first-order valence-corrected chi connectivity index (χ1v) is 8.55. The van der Waals surface area contributed by atoms with Crippen molar-refractivity contribution < 1.29 is 27.5 Å². The smallest absolute Gasteiger partial charge is 0.306 e. The number of carbonyl (C=O) groups excluding carboxylic acids is 2. The summed E-state index contributed by atoms with van der Waals surface area (Å²) in [6, 6.07) is 0.474. The summed E-state index contributed by atoms with van der Waals surface area (Å²) in [5, 5.41) is 0.282. The second-order valence-corrected chi connectivity index (χ2v) is 6.24. The van der Waals surface area contributed by atoms with E-state index in [0.717, 1.165) is 11.3 Å². The highest BCUT2D eigenvalue weighted by Gasteiger charge is 2.20. The maximum Gasteiger partial charge on any atom is 0.306 e. The van der Waals surface area contributed by atoms with Crippen molar-refractivity contribution in [2.24, 2.45) is 0 Å².